The summed E-state index contributed by atoms with van der Waals surface area (Å²) < 4.78 is 13.3. The van der Waals surface area contributed by atoms with E-state index in [-0.39, 0.29) is 17.9 Å². The maximum absolute atomic E-state index is 13.3. The molecule has 118 valence electrons. The first kappa shape index (κ1) is 14.6. The van der Waals surface area contributed by atoms with Crippen molar-refractivity contribution in [3.05, 3.63) is 102 Å². The van der Waals surface area contributed by atoms with Gasteiger partial charge in [0.25, 0.3) is 0 Å². The van der Waals surface area contributed by atoms with E-state index in [1.54, 1.807) is 24.5 Å². The fraction of sp³-hybridized carbons (Fsp3) is 0.100. The summed E-state index contributed by atoms with van der Waals surface area (Å²) in [5.74, 6) is 0.615. The summed E-state index contributed by atoms with van der Waals surface area (Å²) in [6.07, 6.45) is 3.55. The third kappa shape index (κ3) is 2.78. The van der Waals surface area contributed by atoms with Crippen LogP contribution in [0, 0.1) is 5.82 Å². The number of nitrogens with one attached hydrogen (secondary N) is 1. The van der Waals surface area contributed by atoms with Crippen molar-refractivity contribution in [3.63, 3.8) is 0 Å². The van der Waals surface area contributed by atoms with E-state index in [9.17, 15) is 4.39 Å². The van der Waals surface area contributed by atoms with Crippen LogP contribution in [0.5, 0.6) is 0 Å². The van der Waals surface area contributed by atoms with Crippen LogP contribution < -0.4 is 5.32 Å². The highest BCUT2D eigenvalue weighted by atomic mass is 19.1. The molecule has 2 heterocycles. The third-order valence-electron chi connectivity index (χ3n) is 4.20. The predicted molar refractivity (Wildman–Crippen MR) is 92.2 cm³/mol. The van der Waals surface area contributed by atoms with Crippen molar-refractivity contribution in [2.24, 2.45) is 4.99 Å². The zero-order valence-corrected chi connectivity index (χ0v) is 12.9. The number of aromatic nitrogens is 1. The van der Waals surface area contributed by atoms with Crippen molar-refractivity contribution in [3.8, 4) is 0 Å². The summed E-state index contributed by atoms with van der Waals surface area (Å²) in [6.45, 7) is 0. The molecule has 1 aromatic heterocycles. The van der Waals surface area contributed by atoms with Crippen molar-refractivity contribution in [2.45, 2.75) is 12.1 Å². The Morgan fingerprint density at radius 1 is 0.792 bits per heavy atom. The van der Waals surface area contributed by atoms with E-state index >= 15 is 0 Å². The topological polar surface area (TPSA) is 37.3 Å². The lowest BCUT2D eigenvalue weighted by Gasteiger charge is -2.19. The van der Waals surface area contributed by atoms with E-state index in [1.807, 2.05) is 42.5 Å². The van der Waals surface area contributed by atoms with Crippen molar-refractivity contribution >= 4 is 5.84 Å². The van der Waals surface area contributed by atoms with Crippen LogP contribution >= 0.6 is 0 Å². The smallest absolute Gasteiger partial charge is 0.129 e. The maximum Gasteiger partial charge on any atom is 0.129 e. The molecule has 0 saturated carbocycles. The van der Waals surface area contributed by atoms with Crippen LogP contribution in [0.3, 0.4) is 0 Å². The number of hydrogen-bond acceptors (Lipinski definition) is 3. The van der Waals surface area contributed by atoms with Crippen LogP contribution in [0.25, 0.3) is 0 Å². The second kappa shape index (κ2) is 6.24. The van der Waals surface area contributed by atoms with Crippen LogP contribution in [-0.4, -0.2) is 10.8 Å². The maximum atomic E-state index is 13.3. The molecule has 0 fully saturated rings. The fourth-order valence-electron chi connectivity index (χ4n) is 2.99. The highest BCUT2D eigenvalue weighted by Crippen LogP contribution is 2.36. The lowest BCUT2D eigenvalue weighted by Crippen LogP contribution is -2.25. The minimum atomic E-state index is -0.238. The quantitative estimate of drug-likeness (QED) is 0.791. The number of rotatable bonds is 3. The average Bonchev–Trinajstić information content (AvgIpc) is 3.09. The SMILES string of the molecule is Fc1ccc(C2N=C(c3ccccc3)NC2c2ccncc2)cc1. The molecular formula is C20H16FN3. The van der Waals surface area contributed by atoms with Gasteiger partial charge in [0, 0.05) is 18.0 Å². The molecule has 0 amide bonds. The van der Waals surface area contributed by atoms with Crippen molar-refractivity contribution in [2.75, 3.05) is 0 Å². The Bertz CT molecular complexity index is 845. The average molecular weight is 317 g/mol. The first-order valence-corrected chi connectivity index (χ1v) is 7.86. The zero-order valence-electron chi connectivity index (χ0n) is 12.9. The molecule has 0 spiro atoms. The Kier molecular flexibility index (Phi) is 3.79. The zero-order chi connectivity index (χ0) is 16.4. The lowest BCUT2D eigenvalue weighted by atomic mass is 9.95. The molecule has 0 bridgehead atoms. The third-order valence-corrected chi connectivity index (χ3v) is 4.20. The Morgan fingerprint density at radius 3 is 2.21 bits per heavy atom. The van der Waals surface area contributed by atoms with Crippen LogP contribution in [-0.2, 0) is 0 Å². The first-order chi connectivity index (χ1) is 11.8. The van der Waals surface area contributed by atoms with E-state index in [0.29, 0.717) is 0 Å². The van der Waals surface area contributed by atoms with Gasteiger partial charge in [0.05, 0.1) is 6.04 Å². The number of benzene rings is 2. The largest absolute Gasteiger partial charge is 0.361 e. The number of pyridine rings is 1. The van der Waals surface area contributed by atoms with Gasteiger partial charge in [0.1, 0.15) is 17.7 Å². The van der Waals surface area contributed by atoms with Gasteiger partial charge in [-0.15, -0.1) is 0 Å². The second-order valence-corrected chi connectivity index (χ2v) is 5.74. The van der Waals surface area contributed by atoms with Crippen LogP contribution in [0.2, 0.25) is 0 Å². The molecule has 0 radical (unpaired) electrons. The number of halogens is 1. The highest BCUT2D eigenvalue weighted by Gasteiger charge is 2.31. The van der Waals surface area contributed by atoms with E-state index in [2.05, 4.69) is 10.3 Å². The Labute approximate surface area is 139 Å². The number of nitrogens with zero attached hydrogens (tertiary/aromatic N) is 2. The molecule has 0 saturated heterocycles. The van der Waals surface area contributed by atoms with Crippen LogP contribution in [0.1, 0.15) is 28.8 Å². The molecule has 2 atom stereocenters. The van der Waals surface area contributed by atoms with Gasteiger partial charge in [-0.1, -0.05) is 42.5 Å². The highest BCUT2D eigenvalue weighted by molar-refractivity contribution is 6.00. The Hall–Kier alpha value is -3.01. The van der Waals surface area contributed by atoms with Gasteiger partial charge in [0.15, 0.2) is 0 Å². The fourth-order valence-corrected chi connectivity index (χ4v) is 2.99. The summed E-state index contributed by atoms with van der Waals surface area (Å²) in [5.41, 5.74) is 3.13. The van der Waals surface area contributed by atoms with E-state index in [0.717, 1.165) is 22.5 Å². The van der Waals surface area contributed by atoms with Gasteiger partial charge < -0.3 is 5.32 Å². The van der Waals surface area contributed by atoms with Crippen LogP contribution in [0.4, 0.5) is 4.39 Å². The van der Waals surface area contributed by atoms with E-state index in [1.165, 1.54) is 12.1 Å². The Morgan fingerprint density at radius 2 is 1.50 bits per heavy atom. The molecule has 0 aliphatic carbocycles. The lowest BCUT2D eigenvalue weighted by molar-refractivity contribution is 0.568. The van der Waals surface area contributed by atoms with Gasteiger partial charge in [-0.25, -0.2) is 4.39 Å². The van der Waals surface area contributed by atoms with Crippen LogP contribution in [0.15, 0.2) is 84.1 Å². The summed E-state index contributed by atoms with van der Waals surface area (Å²) >= 11 is 0. The minimum absolute atomic E-state index is 0.00586. The molecular weight excluding hydrogens is 301 g/mol. The Balaban J connectivity index is 1.75. The first-order valence-electron chi connectivity index (χ1n) is 7.86. The van der Waals surface area contributed by atoms with Crippen molar-refractivity contribution in [1.29, 1.82) is 0 Å². The molecule has 3 nitrogen and oxygen atoms in total. The molecule has 2 aromatic carbocycles. The molecule has 24 heavy (non-hydrogen) atoms. The summed E-state index contributed by atoms with van der Waals surface area (Å²) in [4.78, 5) is 8.97. The molecule has 4 heteroatoms. The molecule has 4 rings (SSSR count). The van der Waals surface area contributed by atoms with E-state index < -0.39 is 0 Å². The number of aliphatic imine (C=N–C) groups is 1. The van der Waals surface area contributed by atoms with Gasteiger partial charge in [0.2, 0.25) is 0 Å². The normalized spacial score (nSPS) is 19.6. The molecule has 1 aliphatic heterocycles. The van der Waals surface area contributed by atoms with Gasteiger partial charge in [-0.2, -0.15) is 0 Å². The molecule has 2 unspecified atom stereocenters. The molecule has 1 N–H and O–H groups in total. The molecule has 3 aromatic rings. The molecule has 1 aliphatic rings. The summed E-state index contributed by atoms with van der Waals surface area (Å²) in [6, 6.07) is 20.4. The predicted octanol–water partition coefficient (Wildman–Crippen LogP) is 4.05. The second-order valence-electron chi connectivity index (χ2n) is 5.74. The minimum Gasteiger partial charge on any atom is -0.361 e. The van der Waals surface area contributed by atoms with Crippen molar-refractivity contribution in [1.82, 2.24) is 10.3 Å². The summed E-state index contributed by atoms with van der Waals surface area (Å²) in [5, 5.41) is 3.52. The van der Waals surface area contributed by atoms with E-state index in [4.69, 9.17) is 4.99 Å². The van der Waals surface area contributed by atoms with Gasteiger partial charge >= 0.3 is 0 Å². The number of hydrogen-bond donors (Lipinski definition) is 1. The van der Waals surface area contributed by atoms with Gasteiger partial charge in [-0.05, 0) is 35.4 Å². The number of amidine groups is 1. The monoisotopic (exact) mass is 317 g/mol. The standard InChI is InChI=1S/C20H16FN3/c21-17-8-6-14(7-9-17)18-19(15-10-12-22-13-11-15)24-20(23-18)16-4-2-1-3-5-16/h1-13,18-19H,(H,23,24). The van der Waals surface area contributed by atoms with Gasteiger partial charge in [-0.3, -0.25) is 9.98 Å². The summed E-state index contributed by atoms with van der Waals surface area (Å²) in [7, 11) is 0. The van der Waals surface area contributed by atoms with Crippen molar-refractivity contribution < 1.29 is 4.39 Å².